The number of rotatable bonds is 7. The summed E-state index contributed by atoms with van der Waals surface area (Å²) in [4.78, 5) is 27.7. The van der Waals surface area contributed by atoms with Gasteiger partial charge < -0.3 is 9.33 Å². The fourth-order valence-electron chi connectivity index (χ4n) is 4.55. The van der Waals surface area contributed by atoms with Crippen LogP contribution in [0.1, 0.15) is 62.9 Å². The number of Topliss-reactive ketones (excluding diaryl/α,β-unsaturated/α-hetero) is 1. The van der Waals surface area contributed by atoms with E-state index in [1.54, 1.807) is 25.1 Å². The standard InChI is InChI=1S/C28H37Cl2NO3Si/c1-18(32)14-20-10-8-11-22-19(2)31(27(33)16-24-25(29)12-9-13-26(24)30)21(15-23(20)22)17-34-35(6,7)28(3,4)5/h8-13,19,21H,14-17H2,1-7H3/t19-,21+/m0/s1. The molecule has 190 valence electrons. The van der Waals surface area contributed by atoms with Gasteiger partial charge in [-0.05, 0) is 72.8 Å². The minimum Gasteiger partial charge on any atom is -0.415 e. The summed E-state index contributed by atoms with van der Waals surface area (Å²) in [7, 11) is -2.03. The van der Waals surface area contributed by atoms with Crippen LogP contribution in [-0.2, 0) is 33.3 Å². The Morgan fingerprint density at radius 1 is 1.06 bits per heavy atom. The number of hydrogen-bond acceptors (Lipinski definition) is 3. The van der Waals surface area contributed by atoms with Crippen LogP contribution in [0.5, 0.6) is 0 Å². The molecule has 0 saturated heterocycles. The van der Waals surface area contributed by atoms with E-state index in [2.05, 4.69) is 46.9 Å². The lowest BCUT2D eigenvalue weighted by atomic mass is 9.84. The molecule has 0 bridgehead atoms. The first-order valence-electron chi connectivity index (χ1n) is 12.2. The van der Waals surface area contributed by atoms with Crippen molar-refractivity contribution in [2.75, 3.05) is 6.61 Å². The fraction of sp³-hybridized carbons (Fsp3) is 0.500. The van der Waals surface area contributed by atoms with Crippen molar-refractivity contribution in [1.29, 1.82) is 0 Å². The molecular weight excluding hydrogens is 497 g/mol. The highest BCUT2D eigenvalue weighted by Gasteiger charge is 2.41. The van der Waals surface area contributed by atoms with Crippen LogP contribution in [0.15, 0.2) is 36.4 Å². The zero-order valence-corrected chi connectivity index (χ0v) is 24.4. The molecule has 2 atom stereocenters. The zero-order valence-electron chi connectivity index (χ0n) is 21.9. The molecule has 1 heterocycles. The first-order chi connectivity index (χ1) is 16.2. The second kappa shape index (κ2) is 10.8. The minimum absolute atomic E-state index is 0.0287. The first-order valence-corrected chi connectivity index (χ1v) is 15.9. The van der Waals surface area contributed by atoms with Gasteiger partial charge in [0, 0.05) is 16.5 Å². The highest BCUT2D eigenvalue weighted by Crippen LogP contribution is 2.39. The van der Waals surface area contributed by atoms with Gasteiger partial charge >= 0.3 is 0 Å². The molecule has 7 heteroatoms. The summed E-state index contributed by atoms with van der Waals surface area (Å²) in [6, 6.07) is 11.1. The summed E-state index contributed by atoms with van der Waals surface area (Å²) in [6.07, 6.45) is 1.18. The van der Waals surface area contributed by atoms with Crippen molar-refractivity contribution in [2.24, 2.45) is 0 Å². The Balaban J connectivity index is 1.99. The largest absolute Gasteiger partial charge is 0.415 e. The van der Waals surface area contributed by atoms with E-state index in [1.165, 1.54) is 5.56 Å². The molecule has 2 aromatic carbocycles. The molecule has 0 saturated carbocycles. The van der Waals surface area contributed by atoms with Crippen LogP contribution in [0.3, 0.4) is 0 Å². The van der Waals surface area contributed by atoms with Crippen LogP contribution in [0.2, 0.25) is 28.2 Å². The predicted octanol–water partition coefficient (Wildman–Crippen LogP) is 7.20. The highest BCUT2D eigenvalue weighted by atomic mass is 35.5. The van der Waals surface area contributed by atoms with E-state index in [-0.39, 0.29) is 35.2 Å². The molecule has 4 nitrogen and oxygen atoms in total. The molecule has 35 heavy (non-hydrogen) atoms. The Morgan fingerprint density at radius 3 is 2.23 bits per heavy atom. The molecule has 0 aromatic heterocycles. The molecule has 3 rings (SSSR count). The van der Waals surface area contributed by atoms with Crippen molar-refractivity contribution in [3.05, 3.63) is 68.7 Å². The Labute approximate surface area is 221 Å². The van der Waals surface area contributed by atoms with E-state index >= 15 is 0 Å². The number of ketones is 1. The van der Waals surface area contributed by atoms with Gasteiger partial charge in [-0.3, -0.25) is 9.59 Å². The van der Waals surface area contributed by atoms with Gasteiger partial charge in [-0.1, -0.05) is 68.2 Å². The number of halogens is 2. The molecule has 0 fully saturated rings. The van der Waals surface area contributed by atoms with Crippen LogP contribution < -0.4 is 0 Å². The van der Waals surface area contributed by atoms with Crippen LogP contribution in [0.25, 0.3) is 0 Å². The number of carbonyl (C=O) groups excluding carboxylic acids is 2. The number of benzene rings is 2. The lowest BCUT2D eigenvalue weighted by Gasteiger charge is -2.45. The SMILES string of the molecule is CC(=O)Cc1cccc2c1C[C@H](CO[Si](C)(C)C(C)(C)C)N(C(=O)Cc1c(Cl)cccc1Cl)[C@H]2C. The summed E-state index contributed by atoms with van der Waals surface area (Å²) in [5.41, 5.74) is 3.94. The van der Waals surface area contributed by atoms with E-state index in [4.69, 9.17) is 27.6 Å². The third-order valence-electron chi connectivity index (χ3n) is 7.57. The quantitative estimate of drug-likeness (QED) is 0.353. The smallest absolute Gasteiger partial charge is 0.227 e. The Hall–Kier alpha value is -1.66. The fourth-order valence-corrected chi connectivity index (χ4v) is 6.13. The van der Waals surface area contributed by atoms with Crippen LogP contribution in [-0.4, -0.2) is 37.6 Å². The van der Waals surface area contributed by atoms with Crippen molar-refractivity contribution in [3.8, 4) is 0 Å². The van der Waals surface area contributed by atoms with Gasteiger partial charge in [0.2, 0.25) is 5.91 Å². The molecule has 1 aliphatic rings. The monoisotopic (exact) mass is 533 g/mol. The lowest BCUT2D eigenvalue weighted by molar-refractivity contribution is -0.137. The van der Waals surface area contributed by atoms with E-state index in [0.717, 1.165) is 11.1 Å². The van der Waals surface area contributed by atoms with Gasteiger partial charge in [0.05, 0.1) is 25.1 Å². The van der Waals surface area contributed by atoms with Gasteiger partial charge in [0.15, 0.2) is 8.32 Å². The maximum atomic E-state index is 13.8. The van der Waals surface area contributed by atoms with E-state index in [9.17, 15) is 9.59 Å². The minimum atomic E-state index is -2.03. The van der Waals surface area contributed by atoms with Crippen molar-refractivity contribution in [3.63, 3.8) is 0 Å². The zero-order chi connectivity index (χ0) is 26.1. The van der Waals surface area contributed by atoms with Gasteiger partial charge in [0.25, 0.3) is 0 Å². The summed E-state index contributed by atoms with van der Waals surface area (Å²) in [5.74, 6) is 0.103. The average Bonchev–Trinajstić information content (AvgIpc) is 2.74. The number of nitrogens with zero attached hydrogens (tertiary/aromatic N) is 1. The molecule has 1 amide bonds. The second-order valence-corrected chi connectivity index (χ2v) is 16.8. The Morgan fingerprint density at radius 2 is 1.66 bits per heavy atom. The molecule has 1 aliphatic heterocycles. The molecule has 0 radical (unpaired) electrons. The first kappa shape index (κ1) is 27.9. The van der Waals surface area contributed by atoms with Gasteiger partial charge in [-0.25, -0.2) is 0 Å². The maximum Gasteiger partial charge on any atom is 0.227 e. The number of fused-ring (bicyclic) bond motifs is 1. The number of amides is 1. The maximum absolute atomic E-state index is 13.8. The lowest BCUT2D eigenvalue weighted by Crippen LogP contribution is -2.52. The summed E-state index contributed by atoms with van der Waals surface area (Å²) >= 11 is 12.8. The van der Waals surface area contributed by atoms with Crippen molar-refractivity contribution < 1.29 is 14.0 Å². The highest BCUT2D eigenvalue weighted by molar-refractivity contribution is 6.74. The second-order valence-electron chi connectivity index (χ2n) is 11.1. The third-order valence-corrected chi connectivity index (χ3v) is 12.8. The Bertz CT molecular complexity index is 1090. The topological polar surface area (TPSA) is 46.6 Å². The van der Waals surface area contributed by atoms with E-state index in [0.29, 0.717) is 35.1 Å². The third kappa shape index (κ3) is 6.19. The van der Waals surface area contributed by atoms with Crippen LogP contribution >= 0.6 is 23.2 Å². The summed E-state index contributed by atoms with van der Waals surface area (Å²) in [5, 5.41) is 1.05. The summed E-state index contributed by atoms with van der Waals surface area (Å²) in [6.45, 7) is 15.2. The average molecular weight is 535 g/mol. The van der Waals surface area contributed by atoms with Crippen LogP contribution in [0.4, 0.5) is 0 Å². The normalized spacial score (nSPS) is 18.4. The number of carbonyl (C=O) groups is 2. The van der Waals surface area contributed by atoms with E-state index in [1.807, 2.05) is 17.0 Å². The molecular formula is C28H37Cl2NO3Si. The summed E-state index contributed by atoms with van der Waals surface area (Å²) < 4.78 is 6.62. The molecule has 2 aromatic rings. The molecule has 0 N–H and O–H groups in total. The van der Waals surface area contributed by atoms with E-state index < -0.39 is 8.32 Å². The molecule has 0 aliphatic carbocycles. The number of hydrogen-bond donors (Lipinski definition) is 0. The van der Waals surface area contributed by atoms with Gasteiger partial charge in [0.1, 0.15) is 5.78 Å². The van der Waals surface area contributed by atoms with Crippen molar-refractivity contribution in [2.45, 2.75) is 84.1 Å². The molecule has 0 spiro atoms. The predicted molar refractivity (Wildman–Crippen MR) is 147 cm³/mol. The van der Waals surface area contributed by atoms with Crippen molar-refractivity contribution in [1.82, 2.24) is 4.90 Å². The van der Waals surface area contributed by atoms with Crippen molar-refractivity contribution >= 4 is 43.2 Å². The Kier molecular flexibility index (Phi) is 8.58. The van der Waals surface area contributed by atoms with Gasteiger partial charge in [-0.15, -0.1) is 0 Å². The van der Waals surface area contributed by atoms with Crippen LogP contribution in [0, 0.1) is 0 Å². The molecule has 0 unspecified atom stereocenters. The van der Waals surface area contributed by atoms with Gasteiger partial charge in [-0.2, -0.15) is 0 Å².